The third-order valence-corrected chi connectivity index (χ3v) is 0.850. The zero-order chi connectivity index (χ0) is 4.28. The summed E-state index contributed by atoms with van der Waals surface area (Å²) in [4.78, 5) is 0. The Kier molecular flexibility index (Phi) is 2.64. The lowest BCUT2D eigenvalue weighted by atomic mass is 10.7. The van der Waals surface area contributed by atoms with E-state index in [0.29, 0.717) is 0 Å². The maximum Gasteiger partial charge on any atom is 0.211 e. The highest BCUT2D eigenvalue weighted by Crippen LogP contribution is 1.96. The highest BCUT2D eigenvalue weighted by molar-refractivity contribution is 14.1. The minimum Gasteiger partial charge on any atom is -0.283 e. The molecule has 0 saturated heterocycles. The zero-order valence-electron chi connectivity index (χ0n) is 2.86. The normalized spacial score (nSPS) is 12.0. The summed E-state index contributed by atoms with van der Waals surface area (Å²) in [5.41, 5.74) is 0. The number of hydrogen-bond acceptors (Lipinski definition) is 0. The molecule has 1 radical (unpaired) electrons. The summed E-state index contributed by atoms with van der Waals surface area (Å²) in [6.07, 6.45) is 1.51. The molecule has 0 heterocycles. The Labute approximate surface area is 44.8 Å². The Morgan fingerprint density at radius 1 is 2.00 bits per heavy atom. The molecule has 0 spiro atoms. The van der Waals surface area contributed by atoms with Gasteiger partial charge < -0.3 is 0 Å². The Morgan fingerprint density at radius 3 is 2.20 bits per heavy atom. The van der Waals surface area contributed by atoms with E-state index in [0.717, 1.165) is 0 Å². The molecule has 0 aromatic rings. The van der Waals surface area contributed by atoms with E-state index < -0.39 is 0 Å². The maximum absolute atomic E-state index is 9.74. The summed E-state index contributed by atoms with van der Waals surface area (Å²) in [5.74, 6) is 0. The molecule has 29 valence electrons. The lowest BCUT2D eigenvalue weighted by molar-refractivity contribution is 0.343. The fourth-order valence-corrected chi connectivity index (χ4v) is 0. The topological polar surface area (TPSA) is 19.9 Å². The molecular formula is C3H4IO. The van der Waals surface area contributed by atoms with Crippen molar-refractivity contribution in [2.75, 3.05) is 0 Å². The maximum atomic E-state index is 9.74. The Morgan fingerprint density at radius 2 is 2.20 bits per heavy atom. The lowest BCUT2D eigenvalue weighted by Gasteiger charge is -1.64. The highest BCUT2D eigenvalue weighted by Gasteiger charge is 1.72. The van der Waals surface area contributed by atoms with Gasteiger partial charge in [-0.1, -0.05) is 0 Å². The van der Waals surface area contributed by atoms with Crippen molar-refractivity contribution < 1.29 is 5.11 Å². The number of allylic oxidation sites excluding steroid dienone is 1. The lowest BCUT2D eigenvalue weighted by Crippen LogP contribution is -1.48. The third kappa shape index (κ3) is 4.27. The molecule has 0 saturated carbocycles. The second-order valence-corrected chi connectivity index (χ2v) is 1.66. The summed E-state index contributed by atoms with van der Waals surface area (Å²) in [7, 11) is 0. The molecule has 0 atom stereocenters. The van der Waals surface area contributed by atoms with Gasteiger partial charge in [0.15, 0.2) is 0 Å². The first-order valence-electron chi connectivity index (χ1n) is 1.26. The molecule has 2 heteroatoms. The minimum absolute atomic E-state index is 0.0996. The molecule has 0 aromatic heterocycles. The first-order chi connectivity index (χ1) is 2.27. The van der Waals surface area contributed by atoms with Gasteiger partial charge in [-0.2, -0.15) is 0 Å². The molecule has 1 nitrogen and oxygen atoms in total. The first-order valence-corrected chi connectivity index (χ1v) is 2.34. The first kappa shape index (κ1) is 5.27. The van der Waals surface area contributed by atoms with Gasteiger partial charge >= 0.3 is 0 Å². The van der Waals surface area contributed by atoms with Crippen LogP contribution < -0.4 is 0 Å². The van der Waals surface area contributed by atoms with Crippen molar-refractivity contribution in [3.63, 3.8) is 0 Å². The third-order valence-electron chi connectivity index (χ3n) is 0.227. The predicted molar refractivity (Wildman–Crippen MR) is 28.5 cm³/mol. The summed E-state index contributed by atoms with van der Waals surface area (Å²) >= 11 is 1.71. The molecule has 0 aromatic carbocycles. The van der Waals surface area contributed by atoms with Crippen LogP contribution in [0.3, 0.4) is 0 Å². The molecular weight excluding hydrogens is 179 g/mol. The van der Waals surface area contributed by atoms with Gasteiger partial charge in [-0.15, -0.1) is 0 Å². The van der Waals surface area contributed by atoms with Crippen molar-refractivity contribution in [1.29, 1.82) is 0 Å². The van der Waals surface area contributed by atoms with Gasteiger partial charge in [0.25, 0.3) is 0 Å². The van der Waals surface area contributed by atoms with Crippen LogP contribution in [0.5, 0.6) is 0 Å². The summed E-state index contributed by atoms with van der Waals surface area (Å²) in [6.45, 7) is 1.72. The standard InChI is InChI=1S/C3H4IO/c1-2-3(4)5/h2H,1H3/b3-2-. The quantitative estimate of drug-likeness (QED) is 0.402. The van der Waals surface area contributed by atoms with Gasteiger partial charge in [0.05, 0.1) is 0 Å². The molecule has 0 fully saturated rings. The molecule has 0 aliphatic rings. The molecule has 0 aliphatic carbocycles. The van der Waals surface area contributed by atoms with E-state index in [1.165, 1.54) is 6.08 Å². The van der Waals surface area contributed by atoms with Gasteiger partial charge in [0.2, 0.25) is 3.77 Å². The molecule has 0 rings (SSSR count). The van der Waals surface area contributed by atoms with Crippen LogP contribution in [0.1, 0.15) is 6.92 Å². The van der Waals surface area contributed by atoms with Crippen LogP contribution in [-0.2, 0) is 5.11 Å². The van der Waals surface area contributed by atoms with E-state index in [-0.39, 0.29) is 3.77 Å². The van der Waals surface area contributed by atoms with E-state index in [4.69, 9.17) is 0 Å². The predicted octanol–water partition coefficient (Wildman–Crippen LogP) is 1.71. The Balaban J connectivity index is 3.14. The molecule has 0 bridgehead atoms. The fourth-order valence-electron chi connectivity index (χ4n) is 0. The molecule has 5 heavy (non-hydrogen) atoms. The van der Waals surface area contributed by atoms with E-state index in [2.05, 4.69) is 0 Å². The van der Waals surface area contributed by atoms with Crippen molar-refractivity contribution in [2.45, 2.75) is 6.92 Å². The monoisotopic (exact) mass is 183 g/mol. The fraction of sp³-hybridized carbons (Fsp3) is 0.333. The van der Waals surface area contributed by atoms with E-state index >= 15 is 0 Å². The molecule has 0 aliphatic heterocycles. The Bertz CT molecular complexity index is 44.9. The summed E-state index contributed by atoms with van der Waals surface area (Å²) in [5, 5.41) is 9.74. The summed E-state index contributed by atoms with van der Waals surface area (Å²) in [6, 6.07) is 0. The van der Waals surface area contributed by atoms with Crippen molar-refractivity contribution in [1.82, 2.24) is 0 Å². The molecule has 0 amide bonds. The van der Waals surface area contributed by atoms with Crippen molar-refractivity contribution in [3.8, 4) is 0 Å². The Hall–Kier alpha value is 0.270. The highest BCUT2D eigenvalue weighted by atomic mass is 127. The second kappa shape index (κ2) is 2.50. The van der Waals surface area contributed by atoms with Crippen LogP contribution in [0.25, 0.3) is 0 Å². The second-order valence-electron chi connectivity index (χ2n) is 0.593. The van der Waals surface area contributed by atoms with Crippen molar-refractivity contribution in [3.05, 3.63) is 9.84 Å². The van der Waals surface area contributed by atoms with Gasteiger partial charge in [-0.05, 0) is 13.0 Å². The van der Waals surface area contributed by atoms with Gasteiger partial charge in [0.1, 0.15) is 0 Å². The van der Waals surface area contributed by atoms with Crippen LogP contribution in [0, 0.1) is 0 Å². The van der Waals surface area contributed by atoms with E-state index in [1.807, 2.05) is 0 Å². The molecule has 0 unspecified atom stereocenters. The minimum atomic E-state index is 0.0996. The van der Waals surface area contributed by atoms with Crippen molar-refractivity contribution in [2.24, 2.45) is 0 Å². The largest absolute Gasteiger partial charge is 0.283 e. The van der Waals surface area contributed by atoms with Crippen LogP contribution in [0.2, 0.25) is 0 Å². The SMILES string of the molecule is C/C=C(\[O])I. The number of halogens is 1. The average molecular weight is 183 g/mol. The van der Waals surface area contributed by atoms with Gasteiger partial charge in [0, 0.05) is 22.6 Å². The van der Waals surface area contributed by atoms with Crippen molar-refractivity contribution >= 4 is 22.6 Å². The zero-order valence-corrected chi connectivity index (χ0v) is 5.02. The van der Waals surface area contributed by atoms with Crippen LogP contribution >= 0.6 is 22.6 Å². The molecule has 0 N–H and O–H groups in total. The van der Waals surface area contributed by atoms with Crippen LogP contribution in [0.4, 0.5) is 0 Å². The summed E-state index contributed by atoms with van der Waals surface area (Å²) < 4.78 is 0.0996. The van der Waals surface area contributed by atoms with Crippen LogP contribution in [-0.4, -0.2) is 0 Å². The van der Waals surface area contributed by atoms with Gasteiger partial charge in [-0.3, -0.25) is 5.11 Å². The smallest absolute Gasteiger partial charge is 0.211 e. The average Bonchev–Trinajstić information content (AvgIpc) is 1.38. The van der Waals surface area contributed by atoms with Gasteiger partial charge in [-0.25, -0.2) is 0 Å². The van der Waals surface area contributed by atoms with E-state index in [9.17, 15) is 5.11 Å². The number of rotatable bonds is 0. The van der Waals surface area contributed by atoms with Crippen LogP contribution in [0.15, 0.2) is 9.84 Å². The van der Waals surface area contributed by atoms with E-state index in [1.54, 1.807) is 29.5 Å². The number of hydrogen-bond donors (Lipinski definition) is 0.